The van der Waals surface area contributed by atoms with Gasteiger partial charge in [0.25, 0.3) is 5.69 Å². The van der Waals surface area contributed by atoms with Gasteiger partial charge >= 0.3 is 5.69 Å². The van der Waals surface area contributed by atoms with Gasteiger partial charge in [0, 0.05) is 10.7 Å². The summed E-state index contributed by atoms with van der Waals surface area (Å²) in [6.07, 6.45) is 0. The van der Waals surface area contributed by atoms with E-state index in [4.69, 9.17) is 5.26 Å². The largest absolute Gasteiger partial charge is 0.358 e. The molecule has 2 rings (SSSR count). The number of hydrogen-bond donors (Lipinski definition) is 0. The third kappa shape index (κ3) is 1.19. The molecule has 0 saturated heterocycles. The predicted molar refractivity (Wildman–Crippen MR) is 45.6 cm³/mol. The minimum absolute atomic E-state index is 0.0995. The van der Waals surface area contributed by atoms with Gasteiger partial charge in [0.1, 0.15) is 0 Å². The van der Waals surface area contributed by atoms with Crippen LogP contribution in [-0.4, -0.2) is 5.16 Å². The van der Waals surface area contributed by atoms with Crippen LogP contribution in [0.25, 0.3) is 11.3 Å². The molecule has 0 amide bonds. The van der Waals surface area contributed by atoms with Gasteiger partial charge in [0.05, 0.1) is 0 Å². The van der Waals surface area contributed by atoms with E-state index in [-0.39, 0.29) is 16.3 Å². The van der Waals surface area contributed by atoms with Crippen LogP contribution in [-0.2, 0) is 0 Å². The fourth-order valence-corrected chi connectivity index (χ4v) is 1.13. The number of benzene rings is 1. The summed E-state index contributed by atoms with van der Waals surface area (Å²) in [6, 6.07) is 10.7. The Morgan fingerprint density at radius 3 is 2.71 bits per heavy atom. The lowest BCUT2D eigenvalue weighted by molar-refractivity contribution is -0.804. The van der Waals surface area contributed by atoms with E-state index in [1.165, 1.54) is 0 Å². The first kappa shape index (κ1) is 8.26. The molecule has 0 atom stereocenters. The Kier molecular flexibility index (Phi) is 1.88. The topological polar surface area (TPSA) is 76.8 Å². The standard InChI is InChI=1S/C9H5N3O2/c10-6-8-9(11-14-12(8)13)7-4-2-1-3-5-7/h1-5H/i10+1,11+1,12+1. The fraction of sp³-hybridized carbons (Fsp3) is 0. The zero-order valence-electron chi connectivity index (χ0n) is 7.04. The van der Waals surface area contributed by atoms with Gasteiger partial charge in [-0.1, -0.05) is 30.3 Å². The maximum atomic E-state index is 10.9. The summed E-state index contributed by atoms with van der Waals surface area (Å²) < 4.78 is 4.33. The number of rotatable bonds is 1. The van der Waals surface area contributed by atoms with Crippen molar-refractivity contribution >= 4 is 0 Å². The van der Waals surface area contributed by atoms with Crippen LogP contribution in [0.15, 0.2) is 35.0 Å². The second kappa shape index (κ2) is 3.18. The van der Waals surface area contributed by atoms with Gasteiger partial charge in [-0.3, -0.25) is 4.63 Å². The van der Waals surface area contributed by atoms with Crippen molar-refractivity contribution in [1.29, 1.82) is 5.26 Å². The van der Waals surface area contributed by atoms with Crippen LogP contribution in [0.4, 0.5) is 0 Å². The van der Waals surface area contributed by atoms with Gasteiger partial charge in [0.15, 0.2) is 6.07 Å². The molecule has 14 heavy (non-hydrogen) atoms. The molecule has 68 valence electrons. The second-order valence-corrected chi connectivity index (χ2v) is 2.61. The quantitative estimate of drug-likeness (QED) is 0.493. The molecular formula is C9H5N3O2. The highest BCUT2D eigenvalue weighted by Crippen LogP contribution is 2.17. The Morgan fingerprint density at radius 1 is 1.36 bits per heavy atom. The number of nitrogens with zero attached hydrogens (tertiary/aromatic N) is 3. The van der Waals surface area contributed by atoms with Crippen molar-refractivity contribution in [1.82, 2.24) is 5.16 Å². The second-order valence-electron chi connectivity index (χ2n) is 2.61. The first-order chi connectivity index (χ1) is 6.83. The Balaban J connectivity index is 2.59. The van der Waals surface area contributed by atoms with Gasteiger partial charge in [-0.2, -0.15) is 5.26 Å². The molecule has 0 radical (unpaired) electrons. The van der Waals surface area contributed by atoms with Crippen LogP contribution >= 0.6 is 0 Å². The van der Waals surface area contributed by atoms with Gasteiger partial charge < -0.3 is 5.21 Å². The lowest BCUT2D eigenvalue weighted by atomic mass is 10.1. The lowest BCUT2D eigenvalue weighted by Crippen LogP contribution is -2.26. The van der Waals surface area contributed by atoms with E-state index in [1.54, 1.807) is 30.3 Å². The summed E-state index contributed by atoms with van der Waals surface area (Å²) in [7, 11) is 0. The Morgan fingerprint density at radius 2 is 2.07 bits per heavy atom. The maximum Gasteiger partial charge on any atom is 0.302 e. The molecule has 0 spiro atoms. The van der Waals surface area contributed by atoms with Crippen molar-refractivity contribution in [3.63, 3.8) is 0 Å². The lowest BCUT2D eigenvalue weighted by Gasteiger charge is -1.89. The van der Waals surface area contributed by atoms with Crippen molar-refractivity contribution in [2.45, 2.75) is 0 Å². The molecule has 0 bridgehead atoms. The number of hydrogen-bond acceptors (Lipinski definition) is 4. The van der Waals surface area contributed by atoms with Crippen LogP contribution in [0.3, 0.4) is 0 Å². The summed E-state index contributed by atoms with van der Waals surface area (Å²) in [6.45, 7) is 0. The average Bonchev–Trinajstić information content (AvgIpc) is 2.61. The van der Waals surface area contributed by atoms with Gasteiger partial charge in [-0.25, -0.2) is 0 Å². The van der Waals surface area contributed by atoms with E-state index in [0.29, 0.717) is 5.56 Å². The van der Waals surface area contributed by atoms with Crippen molar-refractivity contribution in [3.05, 3.63) is 41.2 Å². The molecule has 0 fully saturated rings. The normalized spacial score (nSPS) is 9.64. The molecule has 2 aromatic rings. The van der Waals surface area contributed by atoms with E-state index in [2.05, 4.69) is 9.79 Å². The maximum absolute atomic E-state index is 10.9. The smallest absolute Gasteiger partial charge is 0.302 e. The van der Waals surface area contributed by atoms with E-state index >= 15 is 0 Å². The van der Waals surface area contributed by atoms with E-state index < -0.39 is 0 Å². The Labute approximate surface area is 79.3 Å². The van der Waals surface area contributed by atoms with Crippen LogP contribution in [0.2, 0.25) is 0 Å². The molecule has 0 unspecified atom stereocenters. The number of aromatic nitrogens is 2. The summed E-state index contributed by atoms with van der Waals surface area (Å²) in [5, 5.41) is 23.1. The molecule has 1 aromatic heterocycles. The fourth-order valence-electron chi connectivity index (χ4n) is 1.13. The summed E-state index contributed by atoms with van der Waals surface area (Å²) >= 11 is 0. The molecule has 1 heterocycles. The summed E-state index contributed by atoms with van der Waals surface area (Å²) in [4.78, 5) is 0.0995. The highest BCUT2D eigenvalue weighted by Gasteiger charge is 2.19. The van der Waals surface area contributed by atoms with Gasteiger partial charge in [-0.15, -0.1) is 0 Å². The van der Waals surface area contributed by atoms with Crippen LogP contribution in [0.1, 0.15) is 5.69 Å². The predicted octanol–water partition coefficient (Wildman–Crippen LogP) is 0.847. The first-order valence-corrected chi connectivity index (χ1v) is 3.88. The molecule has 5 nitrogen and oxygen atoms in total. The van der Waals surface area contributed by atoms with Crippen molar-refractivity contribution in [2.24, 2.45) is 0 Å². The molecule has 1 aromatic carbocycles. The van der Waals surface area contributed by atoms with Crippen molar-refractivity contribution in [2.75, 3.05) is 0 Å². The van der Waals surface area contributed by atoms with Gasteiger partial charge in [0.2, 0.25) is 0 Å². The van der Waals surface area contributed by atoms with E-state index in [0.717, 1.165) is 0 Å². The van der Waals surface area contributed by atoms with Crippen LogP contribution < -0.4 is 4.90 Å². The molecule has 0 N–H and O–H groups in total. The van der Waals surface area contributed by atoms with Crippen LogP contribution in [0.5, 0.6) is 0 Å². The molecule has 0 aliphatic heterocycles. The minimum atomic E-state index is -0.129. The molecule has 0 aliphatic rings. The zero-order valence-corrected chi connectivity index (χ0v) is 7.04. The van der Waals surface area contributed by atoms with E-state index in [9.17, 15) is 5.21 Å². The minimum Gasteiger partial charge on any atom is -0.358 e. The molecule has 0 aliphatic carbocycles. The Bertz CT molecular complexity index is 485. The SMILES string of the molecule is [15N]#Cc1c(-c2ccccc2)[15n]o[15n+]1[O-]. The first-order valence-electron chi connectivity index (χ1n) is 3.88. The highest BCUT2D eigenvalue weighted by atomic mass is 17.1. The van der Waals surface area contributed by atoms with Crippen molar-refractivity contribution in [3.8, 4) is 17.3 Å². The van der Waals surface area contributed by atoms with Gasteiger partial charge in [-0.05, 0) is 4.90 Å². The summed E-state index contributed by atoms with van der Waals surface area (Å²) in [5.74, 6) is 0. The van der Waals surface area contributed by atoms with E-state index in [1.807, 2.05) is 6.07 Å². The molecule has 5 heteroatoms. The van der Waals surface area contributed by atoms with Crippen molar-refractivity contribution < 1.29 is 9.53 Å². The molecular weight excluding hydrogens is 185 g/mol. The van der Waals surface area contributed by atoms with Crippen LogP contribution in [0, 0.1) is 16.5 Å². The monoisotopic (exact) mass is 190 g/mol. The summed E-state index contributed by atoms with van der Waals surface area (Å²) in [5.41, 5.74) is 0.821. The highest BCUT2D eigenvalue weighted by molar-refractivity contribution is 5.62. The third-order valence-corrected chi connectivity index (χ3v) is 1.77. The molecule has 0 saturated carbocycles. The Hall–Kier alpha value is -2.35. The third-order valence-electron chi connectivity index (χ3n) is 1.77. The zero-order chi connectivity index (χ0) is 9.97. The average molecular weight is 190 g/mol. The number of nitriles is 1.